The van der Waals surface area contributed by atoms with E-state index in [1.165, 1.54) is 23.9 Å². The Labute approximate surface area is 170 Å². The molecule has 2 aromatic heterocycles. The second-order valence-corrected chi connectivity index (χ2v) is 8.00. The van der Waals surface area contributed by atoms with E-state index in [2.05, 4.69) is 9.97 Å². The molecule has 5 nitrogen and oxygen atoms in total. The Kier molecular flexibility index (Phi) is 6.64. The minimum absolute atomic E-state index is 0.132. The Morgan fingerprint density at radius 2 is 2.04 bits per heavy atom. The van der Waals surface area contributed by atoms with Crippen molar-refractivity contribution in [3.05, 3.63) is 74.1 Å². The molecule has 1 N–H and O–H groups in total. The number of benzene rings is 1. The Morgan fingerprint density at radius 1 is 1.29 bits per heavy atom. The summed E-state index contributed by atoms with van der Waals surface area (Å²) in [5, 5.41) is 2.51. The highest BCUT2D eigenvalue weighted by Crippen LogP contribution is 2.22. The summed E-state index contributed by atoms with van der Waals surface area (Å²) in [5.74, 6) is -0.484. The first-order valence-corrected chi connectivity index (χ1v) is 10.8. The minimum Gasteiger partial charge on any atom is -0.307 e. The van der Waals surface area contributed by atoms with Crippen LogP contribution < -0.4 is 10.5 Å². The number of carbonyl (C=O) groups is 1. The van der Waals surface area contributed by atoms with Crippen LogP contribution in [0.3, 0.4) is 0 Å². The molecule has 3 rings (SSSR count). The van der Waals surface area contributed by atoms with E-state index >= 15 is 0 Å². The van der Waals surface area contributed by atoms with Gasteiger partial charge in [0.25, 0.3) is 5.56 Å². The number of nitrogens with zero attached hydrogens (tertiary/aromatic N) is 2. The molecular weight excluding hydrogens is 397 g/mol. The van der Waals surface area contributed by atoms with Crippen molar-refractivity contribution < 1.29 is 9.18 Å². The molecule has 0 fully saturated rings. The number of H-pyrrole nitrogens is 1. The predicted octanol–water partition coefficient (Wildman–Crippen LogP) is 4.17. The number of nitrogens with one attached hydrogen (secondary N) is 1. The summed E-state index contributed by atoms with van der Waals surface area (Å²) in [6.07, 6.45) is 2.29. The molecule has 8 heteroatoms. The molecule has 0 spiro atoms. The first kappa shape index (κ1) is 20.3. The third-order valence-electron chi connectivity index (χ3n) is 4.32. The average Bonchev–Trinajstić information content (AvgIpc) is 3.19. The summed E-state index contributed by atoms with van der Waals surface area (Å²) in [6.45, 7) is 2.18. The van der Waals surface area contributed by atoms with E-state index in [9.17, 15) is 14.0 Å². The zero-order valence-corrected chi connectivity index (χ0v) is 17.2. The zero-order valence-electron chi connectivity index (χ0n) is 15.6. The van der Waals surface area contributed by atoms with Crippen LogP contribution in [0.1, 0.15) is 22.6 Å². The molecule has 0 aliphatic heterocycles. The largest absolute Gasteiger partial charge is 0.307 e. The van der Waals surface area contributed by atoms with Crippen LogP contribution in [0, 0.1) is 12.7 Å². The fourth-order valence-corrected chi connectivity index (χ4v) is 3.96. The molecule has 0 saturated carbocycles. The maximum atomic E-state index is 13.3. The second kappa shape index (κ2) is 9.16. The van der Waals surface area contributed by atoms with Gasteiger partial charge in [0.05, 0.1) is 6.54 Å². The smallest absolute Gasteiger partial charge is 0.254 e. The van der Waals surface area contributed by atoms with Crippen molar-refractivity contribution in [2.75, 3.05) is 11.2 Å². The molecule has 28 heavy (non-hydrogen) atoms. The molecule has 0 aliphatic rings. The lowest BCUT2D eigenvalue weighted by Gasteiger charge is -2.22. The predicted molar refractivity (Wildman–Crippen MR) is 112 cm³/mol. The number of anilines is 1. The van der Waals surface area contributed by atoms with E-state index in [1.807, 2.05) is 23.8 Å². The first-order chi connectivity index (χ1) is 13.5. The van der Waals surface area contributed by atoms with Crippen molar-refractivity contribution in [2.24, 2.45) is 0 Å². The summed E-state index contributed by atoms with van der Waals surface area (Å²) in [7, 11) is 0. The maximum absolute atomic E-state index is 13.3. The van der Waals surface area contributed by atoms with Crippen LogP contribution in [0.5, 0.6) is 0 Å². The van der Waals surface area contributed by atoms with E-state index in [-0.39, 0.29) is 23.7 Å². The van der Waals surface area contributed by atoms with Crippen LogP contribution in [0.4, 0.5) is 10.1 Å². The number of thiophene rings is 1. The quantitative estimate of drug-likeness (QED) is 0.463. The number of hydrogen-bond donors (Lipinski definition) is 1. The highest BCUT2D eigenvalue weighted by molar-refractivity contribution is 7.98. The number of aromatic amines is 1. The van der Waals surface area contributed by atoms with Crippen molar-refractivity contribution in [1.82, 2.24) is 9.97 Å². The number of hydrogen-bond acceptors (Lipinski definition) is 5. The lowest BCUT2D eigenvalue weighted by molar-refractivity contribution is -0.118. The molecule has 1 aromatic carbocycles. The Morgan fingerprint density at radius 3 is 2.64 bits per heavy atom. The summed E-state index contributed by atoms with van der Waals surface area (Å²) in [6, 6.07) is 9.74. The molecule has 0 unspecified atom stereocenters. The van der Waals surface area contributed by atoms with Crippen molar-refractivity contribution in [2.45, 2.75) is 31.5 Å². The van der Waals surface area contributed by atoms with E-state index in [0.717, 1.165) is 4.88 Å². The highest BCUT2D eigenvalue weighted by Gasteiger charge is 2.18. The van der Waals surface area contributed by atoms with Gasteiger partial charge >= 0.3 is 0 Å². The zero-order chi connectivity index (χ0) is 20.1. The van der Waals surface area contributed by atoms with E-state index in [1.54, 1.807) is 35.3 Å². The summed E-state index contributed by atoms with van der Waals surface area (Å²) >= 11 is 2.92. The van der Waals surface area contributed by atoms with Crippen LogP contribution in [-0.2, 0) is 17.8 Å². The Hall–Kier alpha value is -2.45. The van der Waals surface area contributed by atoms with Gasteiger partial charge in [-0.05, 0) is 55.3 Å². The number of aryl methyl sites for hydroxylation is 1. The SMILES string of the molecule is CSc1nc(C)c(CCC(=O)N(Cc2cccs2)c2ccc(F)cc2)c(=O)[nH]1. The lowest BCUT2D eigenvalue weighted by Crippen LogP contribution is -2.31. The lowest BCUT2D eigenvalue weighted by atomic mass is 10.1. The third-order valence-corrected chi connectivity index (χ3v) is 5.76. The fourth-order valence-electron chi connectivity index (χ4n) is 2.85. The van der Waals surface area contributed by atoms with Gasteiger partial charge in [-0.25, -0.2) is 9.37 Å². The van der Waals surface area contributed by atoms with E-state index in [0.29, 0.717) is 35.1 Å². The van der Waals surface area contributed by atoms with Gasteiger partial charge in [0.2, 0.25) is 5.91 Å². The van der Waals surface area contributed by atoms with Gasteiger partial charge in [0, 0.05) is 28.2 Å². The van der Waals surface area contributed by atoms with Crippen LogP contribution in [0.2, 0.25) is 0 Å². The van der Waals surface area contributed by atoms with Crippen molar-refractivity contribution >= 4 is 34.7 Å². The highest BCUT2D eigenvalue weighted by atomic mass is 32.2. The normalized spacial score (nSPS) is 10.8. The molecule has 2 heterocycles. The van der Waals surface area contributed by atoms with Crippen molar-refractivity contribution in [3.8, 4) is 0 Å². The first-order valence-electron chi connectivity index (χ1n) is 8.70. The molecule has 0 radical (unpaired) electrons. The van der Waals surface area contributed by atoms with Gasteiger partial charge in [-0.2, -0.15) is 0 Å². The molecule has 146 valence electrons. The Bertz CT molecular complexity index is 1000. The molecule has 1 amide bonds. The number of carbonyl (C=O) groups excluding carboxylic acids is 1. The van der Waals surface area contributed by atoms with Crippen LogP contribution in [-0.4, -0.2) is 22.1 Å². The van der Waals surface area contributed by atoms with Gasteiger partial charge in [-0.3, -0.25) is 9.59 Å². The standard InChI is InChI=1S/C20H20FN3O2S2/c1-13-17(19(26)23-20(22-13)27-2)9-10-18(25)24(12-16-4-3-11-28-16)15-7-5-14(21)6-8-15/h3-8,11H,9-10,12H2,1-2H3,(H,22,23,26). The summed E-state index contributed by atoms with van der Waals surface area (Å²) < 4.78 is 13.3. The van der Waals surface area contributed by atoms with Gasteiger partial charge in [0.1, 0.15) is 5.82 Å². The molecule has 0 atom stereocenters. The number of amides is 1. The molecule has 0 aliphatic carbocycles. The average molecular weight is 418 g/mol. The van der Waals surface area contributed by atoms with Crippen molar-refractivity contribution in [3.63, 3.8) is 0 Å². The van der Waals surface area contributed by atoms with Crippen LogP contribution in [0.25, 0.3) is 0 Å². The summed E-state index contributed by atoms with van der Waals surface area (Å²) in [5.41, 5.74) is 1.56. The number of halogens is 1. The van der Waals surface area contributed by atoms with Gasteiger partial charge in [0.15, 0.2) is 5.16 Å². The monoisotopic (exact) mass is 417 g/mol. The Balaban J connectivity index is 1.80. The van der Waals surface area contributed by atoms with Gasteiger partial charge in [-0.15, -0.1) is 11.3 Å². The third kappa shape index (κ3) is 4.88. The minimum atomic E-state index is -0.352. The van der Waals surface area contributed by atoms with Crippen LogP contribution in [0.15, 0.2) is 51.7 Å². The molecule has 0 bridgehead atoms. The molecule has 0 saturated heterocycles. The van der Waals surface area contributed by atoms with Crippen molar-refractivity contribution in [1.29, 1.82) is 0 Å². The van der Waals surface area contributed by atoms with Gasteiger partial charge < -0.3 is 9.88 Å². The second-order valence-electron chi connectivity index (χ2n) is 6.17. The molecular formula is C20H20FN3O2S2. The summed E-state index contributed by atoms with van der Waals surface area (Å²) in [4.78, 5) is 35.0. The van der Waals surface area contributed by atoms with E-state index < -0.39 is 0 Å². The fraction of sp³-hybridized carbons (Fsp3) is 0.250. The molecule has 3 aromatic rings. The topological polar surface area (TPSA) is 66.1 Å². The van der Waals surface area contributed by atoms with E-state index in [4.69, 9.17) is 0 Å². The van der Waals surface area contributed by atoms with Crippen LogP contribution >= 0.6 is 23.1 Å². The number of thioether (sulfide) groups is 1. The van der Waals surface area contributed by atoms with Gasteiger partial charge in [-0.1, -0.05) is 17.8 Å². The number of aromatic nitrogens is 2. The number of rotatable bonds is 7. The maximum Gasteiger partial charge on any atom is 0.254 e.